The third kappa shape index (κ3) is 5.43. The van der Waals surface area contributed by atoms with Crippen LogP contribution in [0, 0.1) is 5.82 Å². The molecule has 0 atom stereocenters. The van der Waals surface area contributed by atoms with Gasteiger partial charge in [-0.1, -0.05) is 11.6 Å². The van der Waals surface area contributed by atoms with Gasteiger partial charge in [0.05, 0.1) is 17.8 Å². The van der Waals surface area contributed by atoms with Crippen molar-refractivity contribution in [3.8, 4) is 28.1 Å². The topological polar surface area (TPSA) is 82.6 Å². The molecule has 2 aromatic heterocycles. The van der Waals surface area contributed by atoms with Crippen molar-refractivity contribution in [1.29, 1.82) is 0 Å². The van der Waals surface area contributed by atoms with Gasteiger partial charge in [0.15, 0.2) is 11.6 Å². The van der Waals surface area contributed by atoms with Crippen LogP contribution in [-0.4, -0.2) is 85.1 Å². The van der Waals surface area contributed by atoms with Crippen LogP contribution < -0.4 is 15.4 Å². The molecule has 4 heterocycles. The number of ether oxygens (including phenoxy) is 1. The maximum Gasteiger partial charge on any atom is 0.252 e. The Bertz CT molecular complexity index is 1270. The van der Waals surface area contributed by atoms with E-state index in [1.54, 1.807) is 30.6 Å². The van der Waals surface area contributed by atoms with Gasteiger partial charge in [0.2, 0.25) is 0 Å². The van der Waals surface area contributed by atoms with Crippen LogP contribution in [0.5, 0.6) is 5.75 Å². The molecule has 0 bridgehead atoms. The van der Waals surface area contributed by atoms with E-state index < -0.39 is 5.82 Å². The van der Waals surface area contributed by atoms with Crippen molar-refractivity contribution in [3.63, 3.8) is 0 Å². The maximum absolute atomic E-state index is 14.6. The van der Waals surface area contributed by atoms with Gasteiger partial charge in [-0.25, -0.2) is 9.37 Å². The van der Waals surface area contributed by atoms with Crippen LogP contribution in [-0.2, 0) is 0 Å². The Morgan fingerprint density at radius 3 is 2.83 bits per heavy atom. The van der Waals surface area contributed by atoms with E-state index in [0.29, 0.717) is 58.7 Å². The SMILES string of the molecule is CN1CCN(CCNC(=O)c2cncc(-c3cc(-c4cc(Cl)ccc4F)nc4c3OCCN4)c2)CC1. The monoisotopic (exact) mass is 510 g/mol. The van der Waals surface area contributed by atoms with E-state index in [2.05, 4.69) is 37.4 Å². The summed E-state index contributed by atoms with van der Waals surface area (Å²) in [6.07, 6.45) is 3.20. The van der Waals surface area contributed by atoms with Gasteiger partial charge in [0, 0.05) is 73.4 Å². The van der Waals surface area contributed by atoms with Crippen molar-refractivity contribution < 1.29 is 13.9 Å². The molecule has 0 saturated carbocycles. The molecule has 0 unspecified atom stereocenters. The molecule has 188 valence electrons. The molecule has 1 fully saturated rings. The number of benzene rings is 1. The summed E-state index contributed by atoms with van der Waals surface area (Å²) in [5.41, 5.74) is 2.47. The van der Waals surface area contributed by atoms with Gasteiger partial charge in [-0.2, -0.15) is 0 Å². The Morgan fingerprint density at radius 2 is 2.00 bits per heavy atom. The number of nitrogens with one attached hydrogen (secondary N) is 2. The predicted molar refractivity (Wildman–Crippen MR) is 138 cm³/mol. The molecule has 8 nitrogen and oxygen atoms in total. The van der Waals surface area contributed by atoms with Gasteiger partial charge in [-0.15, -0.1) is 0 Å². The zero-order valence-corrected chi connectivity index (χ0v) is 20.8. The van der Waals surface area contributed by atoms with Crippen LogP contribution in [0.1, 0.15) is 10.4 Å². The summed E-state index contributed by atoms with van der Waals surface area (Å²) in [6, 6.07) is 7.87. The minimum atomic E-state index is -0.430. The van der Waals surface area contributed by atoms with E-state index in [-0.39, 0.29) is 11.5 Å². The number of carbonyl (C=O) groups excluding carboxylic acids is 1. The second-order valence-electron chi connectivity index (χ2n) is 9.00. The molecule has 1 amide bonds. The van der Waals surface area contributed by atoms with Crippen LogP contribution in [0.25, 0.3) is 22.4 Å². The number of anilines is 1. The Kier molecular flexibility index (Phi) is 7.31. The molecule has 2 aliphatic heterocycles. The summed E-state index contributed by atoms with van der Waals surface area (Å²) in [4.78, 5) is 26.4. The fraction of sp³-hybridized carbons (Fsp3) is 0.346. The zero-order chi connectivity index (χ0) is 25.1. The number of hydrogen-bond donors (Lipinski definition) is 2. The minimum absolute atomic E-state index is 0.193. The number of nitrogens with zero attached hydrogens (tertiary/aromatic N) is 4. The molecule has 1 aromatic carbocycles. The molecule has 36 heavy (non-hydrogen) atoms. The number of hydrogen-bond acceptors (Lipinski definition) is 7. The third-order valence-electron chi connectivity index (χ3n) is 6.44. The highest BCUT2D eigenvalue weighted by molar-refractivity contribution is 6.30. The molecule has 1 saturated heterocycles. The number of carbonyl (C=O) groups is 1. The second-order valence-corrected chi connectivity index (χ2v) is 9.43. The molecule has 0 radical (unpaired) electrons. The highest BCUT2D eigenvalue weighted by Gasteiger charge is 2.22. The summed E-state index contributed by atoms with van der Waals surface area (Å²) in [5, 5.41) is 6.62. The lowest BCUT2D eigenvalue weighted by Gasteiger charge is -2.32. The minimum Gasteiger partial charge on any atom is -0.487 e. The quantitative estimate of drug-likeness (QED) is 0.526. The summed E-state index contributed by atoms with van der Waals surface area (Å²) in [5.74, 6) is 0.430. The van der Waals surface area contributed by atoms with Crippen molar-refractivity contribution in [2.45, 2.75) is 0 Å². The molecule has 0 aliphatic carbocycles. The number of fused-ring (bicyclic) bond motifs is 1. The highest BCUT2D eigenvalue weighted by Crippen LogP contribution is 2.40. The molecular formula is C26H28ClFN6O2. The Hall–Kier alpha value is -3.27. The van der Waals surface area contributed by atoms with Gasteiger partial charge in [0.1, 0.15) is 12.4 Å². The number of amides is 1. The summed E-state index contributed by atoms with van der Waals surface area (Å²) < 4.78 is 20.6. The van der Waals surface area contributed by atoms with E-state index >= 15 is 0 Å². The fourth-order valence-corrected chi connectivity index (χ4v) is 4.55. The molecule has 0 spiro atoms. The fourth-order valence-electron chi connectivity index (χ4n) is 4.38. The molecule has 2 N–H and O–H groups in total. The van der Waals surface area contributed by atoms with E-state index in [9.17, 15) is 9.18 Å². The summed E-state index contributed by atoms with van der Waals surface area (Å²) >= 11 is 6.13. The van der Waals surface area contributed by atoms with Crippen LogP contribution in [0.2, 0.25) is 5.02 Å². The number of rotatable bonds is 6. The largest absolute Gasteiger partial charge is 0.487 e. The van der Waals surface area contributed by atoms with Crippen molar-refractivity contribution in [2.24, 2.45) is 0 Å². The number of aromatic nitrogens is 2. The average Bonchev–Trinajstić information content (AvgIpc) is 2.90. The molecule has 2 aliphatic rings. The maximum atomic E-state index is 14.6. The standard InChI is InChI=1S/C26H28ClFN6O2/c1-33-7-9-34(10-8-33)6-4-31-26(35)18-12-17(15-29-16-18)20-14-23(21-13-19(27)2-3-22(21)28)32-25-24(20)36-11-5-30-25/h2-3,12-16H,4-11H2,1H3,(H,30,32)(H,31,35). The van der Waals surface area contributed by atoms with Crippen molar-refractivity contribution in [3.05, 3.63) is 59.1 Å². The molecule has 3 aromatic rings. The van der Waals surface area contributed by atoms with Crippen LogP contribution in [0.3, 0.4) is 0 Å². The van der Waals surface area contributed by atoms with Crippen LogP contribution in [0.4, 0.5) is 10.2 Å². The van der Waals surface area contributed by atoms with Gasteiger partial charge in [-0.05, 0) is 37.4 Å². The van der Waals surface area contributed by atoms with E-state index in [1.807, 2.05) is 0 Å². The van der Waals surface area contributed by atoms with E-state index in [1.165, 1.54) is 12.1 Å². The normalized spacial score (nSPS) is 16.1. The van der Waals surface area contributed by atoms with Gasteiger partial charge >= 0.3 is 0 Å². The predicted octanol–water partition coefficient (Wildman–Crippen LogP) is 3.38. The molecule has 10 heteroatoms. The molecule has 5 rings (SSSR count). The van der Waals surface area contributed by atoms with Gasteiger partial charge < -0.3 is 20.3 Å². The van der Waals surface area contributed by atoms with Crippen molar-refractivity contribution >= 4 is 23.3 Å². The van der Waals surface area contributed by atoms with Crippen LogP contribution >= 0.6 is 11.6 Å². The Morgan fingerprint density at radius 1 is 1.17 bits per heavy atom. The van der Waals surface area contributed by atoms with Gasteiger partial charge in [0.25, 0.3) is 5.91 Å². The first-order valence-corrected chi connectivity index (χ1v) is 12.4. The van der Waals surface area contributed by atoms with Crippen LogP contribution in [0.15, 0.2) is 42.7 Å². The van der Waals surface area contributed by atoms with Crippen molar-refractivity contribution in [1.82, 2.24) is 25.1 Å². The number of likely N-dealkylation sites (N-methyl/N-ethyl adjacent to an activating group) is 1. The first-order valence-electron chi connectivity index (χ1n) is 12.0. The third-order valence-corrected chi connectivity index (χ3v) is 6.67. The smallest absolute Gasteiger partial charge is 0.252 e. The lowest BCUT2D eigenvalue weighted by atomic mass is 10.0. The average molecular weight is 511 g/mol. The number of piperazine rings is 1. The Labute approximate surface area is 214 Å². The first-order chi connectivity index (χ1) is 17.5. The lowest BCUT2D eigenvalue weighted by Crippen LogP contribution is -2.46. The summed E-state index contributed by atoms with van der Waals surface area (Å²) in [7, 11) is 2.12. The van der Waals surface area contributed by atoms with Gasteiger partial charge in [-0.3, -0.25) is 14.7 Å². The zero-order valence-electron chi connectivity index (χ0n) is 20.1. The lowest BCUT2D eigenvalue weighted by molar-refractivity contribution is 0.0940. The van der Waals surface area contributed by atoms with E-state index in [0.717, 1.165) is 32.7 Å². The number of pyridine rings is 2. The summed E-state index contributed by atoms with van der Waals surface area (Å²) in [6.45, 7) is 6.48. The number of halogens is 2. The first kappa shape index (κ1) is 24.4. The van der Waals surface area contributed by atoms with Crippen molar-refractivity contribution in [2.75, 3.05) is 64.8 Å². The molecular weight excluding hydrogens is 483 g/mol. The van der Waals surface area contributed by atoms with E-state index in [4.69, 9.17) is 16.3 Å². The second kappa shape index (κ2) is 10.8. The Balaban J connectivity index is 1.39. The highest BCUT2D eigenvalue weighted by atomic mass is 35.5.